The summed E-state index contributed by atoms with van der Waals surface area (Å²) < 4.78 is 9.76. The lowest BCUT2D eigenvalue weighted by Gasteiger charge is -2.39. The Morgan fingerprint density at radius 3 is 2.30 bits per heavy atom. The Kier molecular flexibility index (Phi) is 5.82. The number of non-ortho nitro benzene ring substituents is 1. The van der Waals surface area contributed by atoms with E-state index in [1.807, 2.05) is 0 Å². The smallest absolute Gasteiger partial charge is 0.336 e. The van der Waals surface area contributed by atoms with Crippen LogP contribution in [0, 0.1) is 27.9 Å². The lowest BCUT2D eigenvalue weighted by Crippen LogP contribution is -2.48. The van der Waals surface area contributed by atoms with Gasteiger partial charge in [0, 0.05) is 29.5 Å². The summed E-state index contributed by atoms with van der Waals surface area (Å²) in [7, 11) is 2.46. The quantitative estimate of drug-likeness (QED) is 0.321. The van der Waals surface area contributed by atoms with Crippen molar-refractivity contribution in [3.63, 3.8) is 0 Å². The number of nitro benzene ring substituents is 1. The molecule has 0 N–H and O–H groups in total. The van der Waals surface area contributed by atoms with Crippen LogP contribution in [0.25, 0.3) is 0 Å². The summed E-state index contributed by atoms with van der Waals surface area (Å²) in [4.78, 5) is 53.3. The number of fused-ring (bicyclic) bond motifs is 1. The van der Waals surface area contributed by atoms with Crippen LogP contribution in [-0.4, -0.2) is 42.6 Å². The third kappa shape index (κ3) is 3.51. The van der Waals surface area contributed by atoms with Gasteiger partial charge in [-0.3, -0.25) is 24.7 Å². The van der Waals surface area contributed by atoms with Crippen LogP contribution in [0.1, 0.15) is 31.7 Å². The molecule has 2 aliphatic rings. The minimum absolute atomic E-state index is 0.111. The number of aliphatic imine (C=N–C) groups is 1. The van der Waals surface area contributed by atoms with Crippen LogP contribution in [0.15, 0.2) is 40.5 Å². The first-order chi connectivity index (χ1) is 14.2. The predicted molar refractivity (Wildman–Crippen MR) is 106 cm³/mol. The van der Waals surface area contributed by atoms with Gasteiger partial charge in [-0.25, -0.2) is 4.79 Å². The van der Waals surface area contributed by atoms with Crippen molar-refractivity contribution < 1.29 is 28.8 Å². The summed E-state index contributed by atoms with van der Waals surface area (Å²) in [5, 5.41) is 11.0. The first-order valence-corrected chi connectivity index (χ1v) is 9.43. The molecule has 9 nitrogen and oxygen atoms in total. The number of carbonyl (C=O) groups is 3. The van der Waals surface area contributed by atoms with E-state index in [1.54, 1.807) is 13.8 Å². The first-order valence-electron chi connectivity index (χ1n) is 9.43. The fourth-order valence-corrected chi connectivity index (χ4v) is 4.37. The summed E-state index contributed by atoms with van der Waals surface area (Å²) in [6.07, 6.45) is 0.394. The van der Waals surface area contributed by atoms with Crippen molar-refractivity contribution in [1.29, 1.82) is 0 Å². The van der Waals surface area contributed by atoms with E-state index in [-0.39, 0.29) is 23.0 Å². The molecule has 4 atom stereocenters. The number of allylic oxidation sites excluding steroid dienone is 1. The number of nitrogens with zero attached hydrogens (tertiary/aromatic N) is 2. The first kappa shape index (κ1) is 21.4. The maximum absolute atomic E-state index is 13.4. The number of hydrogen-bond acceptors (Lipinski definition) is 8. The maximum atomic E-state index is 13.4. The summed E-state index contributed by atoms with van der Waals surface area (Å²) in [5.41, 5.74) is 1.63. The number of ketones is 1. The minimum atomic E-state index is -0.975. The molecule has 0 radical (unpaired) electrons. The number of nitro groups is 1. The van der Waals surface area contributed by atoms with Gasteiger partial charge in [-0.1, -0.05) is 19.1 Å². The highest BCUT2D eigenvalue weighted by molar-refractivity contribution is 6.17. The van der Waals surface area contributed by atoms with Crippen molar-refractivity contribution in [3.05, 3.63) is 51.2 Å². The molecule has 9 heteroatoms. The van der Waals surface area contributed by atoms with Crippen LogP contribution in [-0.2, 0) is 23.9 Å². The molecule has 1 saturated carbocycles. The number of hydrogen-bond donors (Lipinski definition) is 0. The van der Waals surface area contributed by atoms with Crippen LogP contribution in [0.2, 0.25) is 0 Å². The van der Waals surface area contributed by atoms with Crippen LogP contribution in [0.3, 0.4) is 0 Å². The third-order valence-corrected chi connectivity index (χ3v) is 5.74. The molecule has 0 amide bonds. The minimum Gasteiger partial charge on any atom is -0.468 e. The molecule has 1 unspecified atom stereocenters. The standard InChI is InChI=1S/C21H22N2O7/c1-10-9-14-18(19(24)15(10)20(25)29-3)17(16(11(2)22-14)21(26)30-4)12-5-7-13(8-6-12)23(27)28/h5-8,10,15,17-18H,9H2,1-4H3/t10-,15-,17-,18?/m1/s1. The Morgan fingerprint density at radius 2 is 1.77 bits per heavy atom. The number of benzene rings is 1. The average Bonchev–Trinajstić information content (AvgIpc) is 2.72. The van der Waals surface area contributed by atoms with Crippen molar-refractivity contribution in [2.24, 2.45) is 22.7 Å². The zero-order chi connectivity index (χ0) is 22.2. The van der Waals surface area contributed by atoms with Crippen molar-refractivity contribution in [2.75, 3.05) is 14.2 Å². The maximum Gasteiger partial charge on any atom is 0.336 e. The monoisotopic (exact) mass is 414 g/mol. The van der Waals surface area contributed by atoms with Crippen LogP contribution >= 0.6 is 0 Å². The van der Waals surface area contributed by atoms with Gasteiger partial charge < -0.3 is 9.47 Å². The van der Waals surface area contributed by atoms with Crippen LogP contribution < -0.4 is 0 Å². The summed E-state index contributed by atoms with van der Waals surface area (Å²) in [5.74, 6) is -4.54. The van der Waals surface area contributed by atoms with Gasteiger partial charge >= 0.3 is 11.9 Å². The third-order valence-electron chi connectivity index (χ3n) is 5.74. The van der Waals surface area contributed by atoms with Crippen molar-refractivity contribution in [3.8, 4) is 0 Å². The molecule has 0 spiro atoms. The predicted octanol–water partition coefficient (Wildman–Crippen LogP) is 2.59. The van der Waals surface area contributed by atoms with Crippen molar-refractivity contribution in [1.82, 2.24) is 0 Å². The number of Topliss-reactive ketones (excluding diaryl/α,β-unsaturated/α-hetero) is 1. The SMILES string of the molecule is COC(=O)C1=C(C)N=C2C[C@@H](C)[C@@H](C(=O)OC)C(=O)C2[C@@H]1c1ccc([N+](=O)[O-])cc1. The highest BCUT2D eigenvalue weighted by Gasteiger charge is 2.51. The largest absolute Gasteiger partial charge is 0.468 e. The van der Waals surface area contributed by atoms with E-state index < -0.39 is 34.6 Å². The topological polar surface area (TPSA) is 125 Å². The fraction of sp³-hybridized carbons (Fsp3) is 0.429. The molecule has 158 valence electrons. The summed E-state index contributed by atoms with van der Waals surface area (Å²) in [6.45, 7) is 3.45. The number of ether oxygens (including phenoxy) is 2. The normalized spacial score (nSPS) is 25.9. The summed E-state index contributed by atoms with van der Waals surface area (Å²) in [6, 6.07) is 5.66. The van der Waals surface area contributed by atoms with Gasteiger partial charge in [0.2, 0.25) is 0 Å². The van der Waals surface area contributed by atoms with Gasteiger partial charge in [0.15, 0.2) is 5.78 Å². The molecule has 1 aromatic carbocycles. The Balaban J connectivity index is 2.17. The van der Waals surface area contributed by atoms with Gasteiger partial charge in [0.05, 0.1) is 30.6 Å². The molecule has 3 rings (SSSR count). The van der Waals surface area contributed by atoms with E-state index in [1.165, 1.54) is 38.5 Å². The van der Waals surface area contributed by atoms with Crippen LogP contribution in [0.4, 0.5) is 5.69 Å². The molecule has 1 aliphatic heterocycles. The van der Waals surface area contributed by atoms with E-state index in [2.05, 4.69) is 4.99 Å². The molecule has 1 aromatic rings. The Hall–Kier alpha value is -3.36. The van der Waals surface area contributed by atoms with Gasteiger partial charge in [0.25, 0.3) is 5.69 Å². The molecule has 1 heterocycles. The van der Waals surface area contributed by atoms with Crippen molar-refractivity contribution >= 4 is 29.1 Å². The highest BCUT2D eigenvalue weighted by Crippen LogP contribution is 2.46. The molecule has 0 aromatic heterocycles. The molecule has 0 bridgehead atoms. The zero-order valence-corrected chi connectivity index (χ0v) is 17.1. The average molecular weight is 414 g/mol. The van der Waals surface area contributed by atoms with E-state index in [4.69, 9.17) is 9.47 Å². The molecule has 1 aliphatic carbocycles. The Bertz CT molecular complexity index is 978. The van der Waals surface area contributed by atoms with E-state index >= 15 is 0 Å². The number of esters is 2. The number of rotatable bonds is 4. The molecular formula is C21H22N2O7. The fourth-order valence-electron chi connectivity index (χ4n) is 4.37. The summed E-state index contributed by atoms with van der Waals surface area (Å²) >= 11 is 0. The van der Waals surface area contributed by atoms with Gasteiger partial charge in [0.1, 0.15) is 5.92 Å². The zero-order valence-electron chi connectivity index (χ0n) is 17.1. The molecular weight excluding hydrogens is 392 g/mol. The second kappa shape index (κ2) is 8.17. The van der Waals surface area contributed by atoms with Gasteiger partial charge in [-0.05, 0) is 24.8 Å². The van der Waals surface area contributed by atoms with Crippen LogP contribution in [0.5, 0.6) is 0 Å². The Labute approximate surface area is 172 Å². The van der Waals surface area contributed by atoms with E-state index in [0.717, 1.165) is 0 Å². The van der Waals surface area contributed by atoms with Gasteiger partial charge in [-0.2, -0.15) is 0 Å². The van der Waals surface area contributed by atoms with E-state index in [9.17, 15) is 24.5 Å². The highest BCUT2D eigenvalue weighted by atomic mass is 16.6. The molecule has 1 fully saturated rings. The second-order valence-electron chi connectivity index (χ2n) is 7.48. The lowest BCUT2D eigenvalue weighted by molar-refractivity contribution is -0.384. The second-order valence-corrected chi connectivity index (χ2v) is 7.48. The number of carbonyl (C=O) groups excluding carboxylic acids is 3. The van der Waals surface area contributed by atoms with Gasteiger partial charge in [-0.15, -0.1) is 0 Å². The molecule has 0 saturated heterocycles. The Morgan fingerprint density at radius 1 is 1.13 bits per heavy atom. The van der Waals surface area contributed by atoms with E-state index in [0.29, 0.717) is 23.4 Å². The van der Waals surface area contributed by atoms with Crippen molar-refractivity contribution in [2.45, 2.75) is 26.2 Å². The number of methoxy groups -OCH3 is 2. The lowest BCUT2D eigenvalue weighted by atomic mass is 9.64. The molecule has 30 heavy (non-hydrogen) atoms.